The molecule has 0 saturated carbocycles. The van der Waals surface area contributed by atoms with Gasteiger partial charge in [-0.15, -0.1) is 0 Å². The van der Waals surface area contributed by atoms with Gasteiger partial charge in [-0.25, -0.2) is 15.0 Å². The molecule has 0 bridgehead atoms. The Bertz CT molecular complexity index is 1550. The van der Waals surface area contributed by atoms with Crippen molar-refractivity contribution in [3.63, 3.8) is 0 Å². The van der Waals surface area contributed by atoms with E-state index >= 15 is 0 Å². The van der Waals surface area contributed by atoms with Crippen LogP contribution in [0.15, 0.2) is 54.9 Å². The van der Waals surface area contributed by atoms with Gasteiger partial charge in [0.1, 0.15) is 17.4 Å². The van der Waals surface area contributed by atoms with E-state index in [0.717, 1.165) is 23.2 Å². The van der Waals surface area contributed by atoms with Crippen LogP contribution in [0.2, 0.25) is 0 Å². The summed E-state index contributed by atoms with van der Waals surface area (Å²) in [6.45, 7) is 2.82. The number of nitrogens with zero attached hydrogens (tertiary/aromatic N) is 5. The molecule has 3 N–H and O–H groups in total. The van der Waals surface area contributed by atoms with Gasteiger partial charge in [-0.3, -0.25) is 14.0 Å². The molecule has 1 aromatic carbocycles. The Morgan fingerprint density at radius 3 is 2.68 bits per heavy atom. The number of ether oxygens (including phenoxy) is 1. The van der Waals surface area contributed by atoms with Gasteiger partial charge in [-0.1, -0.05) is 18.1 Å². The number of carbonyl (C=O) groups is 2. The summed E-state index contributed by atoms with van der Waals surface area (Å²) in [7, 11) is 1.55. The molecule has 1 atom stereocenters. The lowest BCUT2D eigenvalue weighted by Crippen LogP contribution is -2.26. The zero-order valence-corrected chi connectivity index (χ0v) is 20.4. The molecule has 1 saturated heterocycles. The van der Waals surface area contributed by atoms with Crippen LogP contribution in [0.4, 0.5) is 11.8 Å². The molecule has 10 heteroatoms. The van der Waals surface area contributed by atoms with Gasteiger partial charge >= 0.3 is 0 Å². The number of nitrogens with one attached hydrogen (secondary N) is 1. The van der Waals surface area contributed by atoms with E-state index in [0.29, 0.717) is 42.0 Å². The molecule has 3 aromatic heterocycles. The fourth-order valence-electron chi connectivity index (χ4n) is 4.50. The predicted octanol–water partition coefficient (Wildman–Crippen LogP) is 2.97. The zero-order valence-electron chi connectivity index (χ0n) is 20.4. The Morgan fingerprint density at radius 1 is 1.14 bits per heavy atom. The standard InChI is InChI=1S/C27H25N7O3/c1-3-4-23(35)33-14-11-19(16-33)24-21-10-13-30-27(28)34(21)25(32-24)17-5-7-18(8-6-17)26(36)31-22-15-20(37-2)9-12-29-22/h5-10,12-13,15,19H,11,14,16H2,1-2H3,(H2,28,30)(H,29,31,36). The SMILES string of the molecule is CC#CC(=O)N1CCC(c2nc(-c3ccc(C(=O)Nc4cc(OC)ccn4)cc3)n3c(N)nccc23)C1. The molecule has 0 spiro atoms. The van der Waals surface area contributed by atoms with Crippen LogP contribution in [0.1, 0.15) is 35.3 Å². The molecule has 0 radical (unpaired) electrons. The van der Waals surface area contributed by atoms with Gasteiger partial charge in [-0.05, 0) is 43.5 Å². The number of likely N-dealkylation sites (tertiary alicyclic amines) is 1. The van der Waals surface area contributed by atoms with Crippen molar-refractivity contribution in [2.45, 2.75) is 19.3 Å². The maximum absolute atomic E-state index is 12.8. The van der Waals surface area contributed by atoms with Crippen LogP contribution < -0.4 is 15.8 Å². The topological polar surface area (TPSA) is 128 Å². The Balaban J connectivity index is 1.43. The van der Waals surface area contributed by atoms with Gasteiger partial charge in [0, 0.05) is 48.6 Å². The molecule has 1 aliphatic rings. The van der Waals surface area contributed by atoms with Crippen LogP contribution in [0, 0.1) is 11.8 Å². The smallest absolute Gasteiger partial charge is 0.298 e. The van der Waals surface area contributed by atoms with Gasteiger partial charge in [0.15, 0.2) is 0 Å². The minimum Gasteiger partial charge on any atom is -0.497 e. The summed E-state index contributed by atoms with van der Waals surface area (Å²) >= 11 is 0. The van der Waals surface area contributed by atoms with Crippen LogP contribution in [0.25, 0.3) is 16.9 Å². The quantitative estimate of drug-likeness (QED) is 0.408. The first kappa shape index (κ1) is 23.8. The Labute approximate surface area is 213 Å². The second-order valence-corrected chi connectivity index (χ2v) is 8.57. The van der Waals surface area contributed by atoms with Gasteiger partial charge in [0.05, 0.1) is 18.3 Å². The van der Waals surface area contributed by atoms with Crippen molar-refractivity contribution in [2.75, 3.05) is 31.2 Å². The summed E-state index contributed by atoms with van der Waals surface area (Å²) in [5.74, 6) is 6.78. The number of hydrogen-bond acceptors (Lipinski definition) is 7. The highest BCUT2D eigenvalue weighted by atomic mass is 16.5. The van der Waals surface area contributed by atoms with Gasteiger partial charge < -0.3 is 20.7 Å². The van der Waals surface area contributed by atoms with Crippen molar-refractivity contribution >= 4 is 29.1 Å². The van der Waals surface area contributed by atoms with Crippen LogP contribution in [0.5, 0.6) is 5.75 Å². The van der Waals surface area contributed by atoms with Crippen molar-refractivity contribution in [3.05, 3.63) is 66.1 Å². The third kappa shape index (κ3) is 4.67. The average Bonchev–Trinajstić information content (AvgIpc) is 3.55. The third-order valence-corrected chi connectivity index (χ3v) is 6.32. The van der Waals surface area contributed by atoms with E-state index in [4.69, 9.17) is 15.5 Å². The number of methoxy groups -OCH3 is 1. The number of nitrogen functional groups attached to an aromatic ring is 1. The zero-order chi connectivity index (χ0) is 25.9. The average molecular weight is 496 g/mol. The number of benzene rings is 1. The fraction of sp³-hybridized carbons (Fsp3) is 0.222. The summed E-state index contributed by atoms with van der Waals surface area (Å²) in [4.78, 5) is 40.1. The van der Waals surface area contributed by atoms with Crippen molar-refractivity contribution in [2.24, 2.45) is 0 Å². The van der Waals surface area contributed by atoms with E-state index in [1.54, 1.807) is 60.0 Å². The molecule has 186 valence electrons. The first-order valence-electron chi connectivity index (χ1n) is 11.7. The molecule has 5 rings (SSSR count). The van der Waals surface area contributed by atoms with Crippen LogP contribution in [0.3, 0.4) is 0 Å². The van der Waals surface area contributed by atoms with E-state index in [2.05, 4.69) is 27.1 Å². The highest BCUT2D eigenvalue weighted by Gasteiger charge is 2.30. The van der Waals surface area contributed by atoms with Gasteiger partial charge in [0.2, 0.25) is 5.95 Å². The molecule has 10 nitrogen and oxygen atoms in total. The first-order valence-corrected chi connectivity index (χ1v) is 11.7. The van der Waals surface area contributed by atoms with Crippen LogP contribution in [-0.2, 0) is 4.79 Å². The number of aromatic nitrogens is 4. The van der Waals surface area contributed by atoms with Crippen molar-refractivity contribution in [3.8, 4) is 29.0 Å². The van der Waals surface area contributed by atoms with Gasteiger partial charge in [-0.2, -0.15) is 0 Å². The number of imidazole rings is 1. The summed E-state index contributed by atoms with van der Waals surface area (Å²) in [6, 6.07) is 12.3. The number of amides is 2. The number of carbonyl (C=O) groups excluding carboxylic acids is 2. The molecular formula is C27H25N7O3. The van der Waals surface area contributed by atoms with E-state index in [9.17, 15) is 9.59 Å². The van der Waals surface area contributed by atoms with E-state index in [1.807, 2.05) is 18.2 Å². The summed E-state index contributed by atoms with van der Waals surface area (Å²) in [5.41, 5.74) is 9.19. The van der Waals surface area contributed by atoms with Crippen molar-refractivity contribution < 1.29 is 14.3 Å². The predicted molar refractivity (Wildman–Crippen MR) is 139 cm³/mol. The largest absolute Gasteiger partial charge is 0.497 e. The van der Waals surface area contributed by atoms with E-state index in [1.165, 1.54) is 0 Å². The lowest BCUT2D eigenvalue weighted by atomic mass is 10.0. The lowest BCUT2D eigenvalue weighted by Gasteiger charge is -2.12. The Kier molecular flexibility index (Phi) is 6.43. The molecule has 1 fully saturated rings. The second-order valence-electron chi connectivity index (χ2n) is 8.57. The highest BCUT2D eigenvalue weighted by molar-refractivity contribution is 6.04. The number of nitrogens with two attached hydrogens (primary N) is 1. The molecule has 1 unspecified atom stereocenters. The number of pyridine rings is 1. The summed E-state index contributed by atoms with van der Waals surface area (Å²) in [5, 5.41) is 2.77. The maximum Gasteiger partial charge on any atom is 0.298 e. The number of fused-ring (bicyclic) bond motifs is 1. The number of rotatable bonds is 5. The van der Waals surface area contributed by atoms with Crippen LogP contribution >= 0.6 is 0 Å². The lowest BCUT2D eigenvalue weighted by molar-refractivity contribution is -0.124. The molecule has 1 aliphatic heterocycles. The van der Waals surface area contributed by atoms with Crippen molar-refractivity contribution in [1.82, 2.24) is 24.3 Å². The molecule has 0 aliphatic carbocycles. The normalized spacial score (nSPS) is 14.8. The van der Waals surface area contributed by atoms with E-state index < -0.39 is 0 Å². The molecule has 4 aromatic rings. The minimum atomic E-state index is -0.298. The monoisotopic (exact) mass is 495 g/mol. The van der Waals surface area contributed by atoms with Gasteiger partial charge in [0.25, 0.3) is 11.8 Å². The highest BCUT2D eigenvalue weighted by Crippen LogP contribution is 2.33. The second kappa shape index (κ2) is 9.99. The Hall–Kier alpha value is -4.91. The number of hydrogen-bond donors (Lipinski definition) is 2. The summed E-state index contributed by atoms with van der Waals surface area (Å²) in [6.07, 6.45) is 4.00. The minimum absolute atomic E-state index is 0.0496. The molecule has 37 heavy (non-hydrogen) atoms. The maximum atomic E-state index is 12.8. The third-order valence-electron chi connectivity index (χ3n) is 6.32. The fourth-order valence-corrected chi connectivity index (χ4v) is 4.50. The van der Waals surface area contributed by atoms with Crippen LogP contribution in [-0.4, -0.2) is 56.3 Å². The first-order chi connectivity index (χ1) is 18.0. The van der Waals surface area contributed by atoms with E-state index in [-0.39, 0.29) is 17.7 Å². The molecule has 2 amide bonds. The summed E-state index contributed by atoms with van der Waals surface area (Å²) < 4.78 is 6.98. The number of anilines is 2. The molecular weight excluding hydrogens is 470 g/mol. The van der Waals surface area contributed by atoms with Crippen molar-refractivity contribution in [1.29, 1.82) is 0 Å². The Morgan fingerprint density at radius 2 is 1.92 bits per heavy atom. The molecule has 4 heterocycles.